The van der Waals surface area contributed by atoms with E-state index >= 15 is 0 Å². The molecule has 0 radical (unpaired) electrons. The molecule has 108 valence electrons. The molecule has 0 aliphatic heterocycles. The first-order valence-electron chi connectivity index (χ1n) is 6.14. The molecule has 2 aromatic carbocycles. The third-order valence-electron chi connectivity index (χ3n) is 2.62. The highest BCUT2D eigenvalue weighted by Crippen LogP contribution is 2.25. The van der Waals surface area contributed by atoms with Crippen LogP contribution in [0.15, 0.2) is 53.4 Å². The van der Waals surface area contributed by atoms with E-state index in [0.29, 0.717) is 21.2 Å². The van der Waals surface area contributed by atoms with Crippen LogP contribution < -0.4 is 11.1 Å². The van der Waals surface area contributed by atoms with Crippen molar-refractivity contribution in [3.63, 3.8) is 0 Å². The molecule has 0 atom stereocenters. The standard InChI is InChI=1S/C15H13ClN2O2S/c16-11-6-2-3-7-12(11)18-15(20)10-5-1-4-8-13(10)21-9-14(17)19/h1-8H,9H2,(H2,17,19)(H,18,20). The number of rotatable bonds is 5. The summed E-state index contributed by atoms with van der Waals surface area (Å²) < 4.78 is 0. The molecule has 0 bridgehead atoms. The number of nitrogens with two attached hydrogens (primary N) is 1. The van der Waals surface area contributed by atoms with Gasteiger partial charge in [0.05, 0.1) is 22.0 Å². The molecule has 2 aromatic rings. The third kappa shape index (κ3) is 4.24. The smallest absolute Gasteiger partial charge is 0.256 e. The van der Waals surface area contributed by atoms with Crippen molar-refractivity contribution in [3.8, 4) is 0 Å². The van der Waals surface area contributed by atoms with Crippen LogP contribution in [-0.2, 0) is 4.79 Å². The highest BCUT2D eigenvalue weighted by Gasteiger charge is 2.13. The van der Waals surface area contributed by atoms with E-state index in [4.69, 9.17) is 17.3 Å². The molecular weight excluding hydrogens is 308 g/mol. The number of primary amides is 1. The number of thioether (sulfide) groups is 1. The van der Waals surface area contributed by atoms with Crippen molar-refractivity contribution in [3.05, 3.63) is 59.1 Å². The molecule has 0 saturated heterocycles. The van der Waals surface area contributed by atoms with Crippen LogP contribution >= 0.6 is 23.4 Å². The first kappa shape index (κ1) is 15.4. The minimum atomic E-state index is -0.429. The van der Waals surface area contributed by atoms with E-state index in [9.17, 15) is 9.59 Å². The molecule has 0 saturated carbocycles. The summed E-state index contributed by atoms with van der Waals surface area (Å²) in [6, 6.07) is 14.0. The third-order valence-corrected chi connectivity index (χ3v) is 4.05. The molecule has 6 heteroatoms. The fraction of sp³-hybridized carbons (Fsp3) is 0.0667. The van der Waals surface area contributed by atoms with E-state index in [0.717, 1.165) is 0 Å². The topological polar surface area (TPSA) is 72.2 Å². The molecule has 3 N–H and O–H groups in total. The fourth-order valence-corrected chi connectivity index (χ4v) is 2.65. The highest BCUT2D eigenvalue weighted by molar-refractivity contribution is 8.00. The van der Waals surface area contributed by atoms with Crippen LogP contribution in [0.1, 0.15) is 10.4 Å². The Labute approximate surface area is 131 Å². The molecule has 2 rings (SSSR count). The lowest BCUT2D eigenvalue weighted by Crippen LogP contribution is -2.15. The van der Waals surface area contributed by atoms with Crippen molar-refractivity contribution in [2.24, 2.45) is 5.73 Å². The Morgan fingerprint density at radius 1 is 1.10 bits per heavy atom. The van der Waals surface area contributed by atoms with Crippen molar-refractivity contribution in [1.29, 1.82) is 0 Å². The molecular formula is C15H13ClN2O2S. The van der Waals surface area contributed by atoms with E-state index in [1.54, 1.807) is 48.5 Å². The lowest BCUT2D eigenvalue weighted by molar-refractivity contribution is -0.115. The zero-order chi connectivity index (χ0) is 15.2. The van der Waals surface area contributed by atoms with Crippen molar-refractivity contribution >= 4 is 40.9 Å². The second kappa shape index (κ2) is 7.15. The number of hydrogen-bond acceptors (Lipinski definition) is 3. The predicted octanol–water partition coefficient (Wildman–Crippen LogP) is 3.17. The summed E-state index contributed by atoms with van der Waals surface area (Å²) in [4.78, 5) is 23.9. The molecule has 0 aromatic heterocycles. The number of amides is 2. The van der Waals surface area contributed by atoms with Gasteiger partial charge in [0.1, 0.15) is 0 Å². The number of anilines is 1. The van der Waals surface area contributed by atoms with Gasteiger partial charge in [-0.1, -0.05) is 35.9 Å². The molecule has 0 fully saturated rings. The Balaban J connectivity index is 2.19. The zero-order valence-corrected chi connectivity index (χ0v) is 12.6. The van der Waals surface area contributed by atoms with E-state index in [2.05, 4.69) is 5.32 Å². The first-order valence-corrected chi connectivity index (χ1v) is 7.50. The average molecular weight is 321 g/mol. The normalized spacial score (nSPS) is 10.1. The van der Waals surface area contributed by atoms with E-state index in [1.807, 2.05) is 0 Å². The van der Waals surface area contributed by atoms with Crippen LogP contribution in [0.2, 0.25) is 5.02 Å². The molecule has 2 amide bonds. The lowest BCUT2D eigenvalue weighted by atomic mass is 10.2. The Kier molecular flexibility index (Phi) is 5.25. The molecule has 0 spiro atoms. The van der Waals surface area contributed by atoms with Gasteiger partial charge in [-0.05, 0) is 24.3 Å². The van der Waals surface area contributed by atoms with Gasteiger partial charge in [0, 0.05) is 4.90 Å². The Hall–Kier alpha value is -1.98. The van der Waals surface area contributed by atoms with E-state index in [1.165, 1.54) is 11.8 Å². The van der Waals surface area contributed by atoms with Crippen molar-refractivity contribution < 1.29 is 9.59 Å². The monoisotopic (exact) mass is 320 g/mol. The van der Waals surface area contributed by atoms with Crippen LogP contribution in [0.5, 0.6) is 0 Å². The van der Waals surface area contributed by atoms with Crippen molar-refractivity contribution in [1.82, 2.24) is 0 Å². The quantitative estimate of drug-likeness (QED) is 0.831. The van der Waals surface area contributed by atoms with Gasteiger partial charge in [-0.3, -0.25) is 9.59 Å². The fourth-order valence-electron chi connectivity index (χ4n) is 1.68. The number of nitrogens with one attached hydrogen (secondary N) is 1. The number of carbonyl (C=O) groups excluding carboxylic acids is 2. The number of carbonyl (C=O) groups is 2. The van der Waals surface area contributed by atoms with Gasteiger partial charge < -0.3 is 11.1 Å². The second-order valence-electron chi connectivity index (χ2n) is 4.19. The lowest BCUT2D eigenvalue weighted by Gasteiger charge is -2.10. The predicted molar refractivity (Wildman–Crippen MR) is 85.8 cm³/mol. The van der Waals surface area contributed by atoms with Gasteiger partial charge in [0.2, 0.25) is 5.91 Å². The van der Waals surface area contributed by atoms with Crippen molar-refractivity contribution in [2.45, 2.75) is 4.90 Å². The number of para-hydroxylation sites is 1. The first-order chi connectivity index (χ1) is 10.1. The largest absolute Gasteiger partial charge is 0.369 e. The van der Waals surface area contributed by atoms with Crippen LogP contribution in [0, 0.1) is 0 Å². The molecule has 21 heavy (non-hydrogen) atoms. The highest BCUT2D eigenvalue weighted by atomic mass is 35.5. The molecule has 4 nitrogen and oxygen atoms in total. The van der Waals surface area contributed by atoms with Crippen LogP contribution in [0.4, 0.5) is 5.69 Å². The maximum Gasteiger partial charge on any atom is 0.256 e. The summed E-state index contributed by atoms with van der Waals surface area (Å²) in [5.41, 5.74) is 6.15. The average Bonchev–Trinajstić information content (AvgIpc) is 2.47. The summed E-state index contributed by atoms with van der Waals surface area (Å²) in [5.74, 6) is -0.590. The minimum Gasteiger partial charge on any atom is -0.369 e. The van der Waals surface area contributed by atoms with Crippen molar-refractivity contribution in [2.75, 3.05) is 11.1 Å². The number of hydrogen-bond donors (Lipinski definition) is 2. The van der Waals surface area contributed by atoms with E-state index < -0.39 is 5.91 Å². The summed E-state index contributed by atoms with van der Waals surface area (Å²) in [6.45, 7) is 0. The summed E-state index contributed by atoms with van der Waals surface area (Å²) >= 11 is 7.25. The van der Waals surface area contributed by atoms with Gasteiger partial charge in [-0.25, -0.2) is 0 Å². The minimum absolute atomic E-state index is 0.121. The summed E-state index contributed by atoms with van der Waals surface area (Å²) in [7, 11) is 0. The SMILES string of the molecule is NC(=O)CSc1ccccc1C(=O)Nc1ccccc1Cl. The Bertz CT molecular complexity index is 676. The van der Waals surface area contributed by atoms with E-state index in [-0.39, 0.29) is 11.7 Å². The second-order valence-corrected chi connectivity index (χ2v) is 5.61. The summed E-state index contributed by atoms with van der Waals surface area (Å²) in [5, 5.41) is 3.22. The van der Waals surface area contributed by atoms with Gasteiger partial charge >= 0.3 is 0 Å². The zero-order valence-electron chi connectivity index (χ0n) is 11.0. The van der Waals surface area contributed by atoms with Gasteiger partial charge in [-0.2, -0.15) is 0 Å². The van der Waals surface area contributed by atoms with Crippen LogP contribution in [0.25, 0.3) is 0 Å². The maximum absolute atomic E-state index is 12.3. The maximum atomic E-state index is 12.3. The molecule has 0 aliphatic carbocycles. The number of benzene rings is 2. The summed E-state index contributed by atoms with van der Waals surface area (Å²) in [6.07, 6.45) is 0. The Morgan fingerprint density at radius 3 is 2.48 bits per heavy atom. The van der Waals surface area contributed by atoms with Crippen LogP contribution in [0.3, 0.4) is 0 Å². The van der Waals surface area contributed by atoms with Gasteiger partial charge in [0.15, 0.2) is 0 Å². The van der Waals surface area contributed by atoms with Crippen LogP contribution in [-0.4, -0.2) is 17.6 Å². The van der Waals surface area contributed by atoms with Gasteiger partial charge in [0.25, 0.3) is 5.91 Å². The number of halogens is 1. The van der Waals surface area contributed by atoms with Gasteiger partial charge in [-0.15, -0.1) is 11.8 Å². The Morgan fingerprint density at radius 2 is 1.76 bits per heavy atom. The molecule has 0 unspecified atom stereocenters. The molecule has 0 aliphatic rings. The molecule has 0 heterocycles.